The quantitative estimate of drug-likeness (QED) is 0.780. The summed E-state index contributed by atoms with van der Waals surface area (Å²) < 4.78 is 0. The Balaban J connectivity index is 1.01. The number of hydrogen-bond donors (Lipinski definition) is 1. The van der Waals surface area contributed by atoms with E-state index in [1.54, 1.807) is 0 Å². The van der Waals surface area contributed by atoms with E-state index in [4.69, 9.17) is 0 Å². The number of nitrogens with one attached hydrogen (secondary N) is 1. The number of aromatic amines is 1. The number of H-pyrrole nitrogens is 1. The first-order chi connectivity index (χ1) is 16.2. The van der Waals surface area contributed by atoms with Crippen LogP contribution in [0.25, 0.3) is 10.9 Å². The van der Waals surface area contributed by atoms with Crippen molar-refractivity contribution in [3.8, 4) is 0 Å². The van der Waals surface area contributed by atoms with Gasteiger partial charge >= 0.3 is 0 Å². The van der Waals surface area contributed by atoms with Crippen LogP contribution in [0.1, 0.15) is 50.5 Å². The lowest BCUT2D eigenvalue weighted by Crippen LogP contribution is -2.62. The predicted octanol–water partition coefficient (Wildman–Crippen LogP) is 3.42. The van der Waals surface area contributed by atoms with Crippen molar-refractivity contribution in [3.05, 3.63) is 36.0 Å². The van der Waals surface area contributed by atoms with Crippen LogP contribution in [0.4, 0.5) is 0 Å². The Kier molecular flexibility index (Phi) is 5.65. The predicted molar refractivity (Wildman–Crippen MR) is 129 cm³/mol. The number of carbonyl (C=O) groups excluding carboxylic acids is 2. The maximum absolute atomic E-state index is 12.9. The van der Waals surface area contributed by atoms with Crippen LogP contribution in [0, 0.1) is 11.8 Å². The molecule has 176 valence electrons. The highest BCUT2D eigenvalue weighted by atomic mass is 16.2. The molecule has 2 amide bonds. The Morgan fingerprint density at radius 3 is 2.79 bits per heavy atom. The van der Waals surface area contributed by atoms with Gasteiger partial charge in [-0.15, -0.1) is 0 Å². The molecule has 3 atom stereocenters. The van der Waals surface area contributed by atoms with Gasteiger partial charge in [0.1, 0.15) is 0 Å². The van der Waals surface area contributed by atoms with Crippen LogP contribution in [0.3, 0.4) is 0 Å². The number of hydrogen-bond acceptors (Lipinski definition) is 3. The van der Waals surface area contributed by atoms with E-state index in [0.29, 0.717) is 42.2 Å². The van der Waals surface area contributed by atoms with Gasteiger partial charge in [-0.05, 0) is 62.0 Å². The highest BCUT2D eigenvalue weighted by Gasteiger charge is 2.45. The van der Waals surface area contributed by atoms with E-state index in [0.717, 1.165) is 70.3 Å². The largest absolute Gasteiger partial charge is 0.361 e. The second-order valence-corrected chi connectivity index (χ2v) is 10.8. The number of aromatic nitrogens is 1. The molecule has 4 saturated heterocycles. The van der Waals surface area contributed by atoms with Gasteiger partial charge in [-0.3, -0.25) is 14.5 Å². The number of amides is 2. The van der Waals surface area contributed by atoms with Gasteiger partial charge in [-0.2, -0.15) is 0 Å². The van der Waals surface area contributed by atoms with Crippen molar-refractivity contribution in [1.82, 2.24) is 19.7 Å². The van der Waals surface area contributed by atoms with Gasteiger partial charge in [0, 0.05) is 74.7 Å². The summed E-state index contributed by atoms with van der Waals surface area (Å²) >= 11 is 0. The van der Waals surface area contributed by atoms with Crippen molar-refractivity contribution in [3.63, 3.8) is 0 Å². The highest BCUT2D eigenvalue weighted by Crippen LogP contribution is 2.39. The van der Waals surface area contributed by atoms with E-state index in [-0.39, 0.29) is 0 Å². The molecule has 6 rings (SSSR count). The van der Waals surface area contributed by atoms with E-state index in [1.807, 2.05) is 6.07 Å². The summed E-state index contributed by atoms with van der Waals surface area (Å²) in [5.41, 5.74) is 2.39. The second kappa shape index (κ2) is 8.79. The fourth-order valence-electron chi connectivity index (χ4n) is 7.16. The molecule has 5 heterocycles. The van der Waals surface area contributed by atoms with E-state index in [9.17, 15) is 9.59 Å². The molecule has 1 aromatic carbocycles. The molecular formula is C27H36N4O2. The average molecular weight is 449 g/mol. The number of piperidine rings is 4. The molecular weight excluding hydrogens is 412 g/mol. The molecule has 33 heavy (non-hydrogen) atoms. The Morgan fingerprint density at radius 1 is 1.06 bits per heavy atom. The summed E-state index contributed by atoms with van der Waals surface area (Å²) in [6.07, 6.45) is 9.94. The molecule has 0 radical (unpaired) electrons. The number of benzene rings is 1. The lowest BCUT2D eigenvalue weighted by molar-refractivity contribution is -0.146. The standard InChI is InChI=1S/C27H36N4O2/c32-26(9-8-20-15-28-24-5-2-1-4-23(20)24)29-12-10-22(11-13-29)30-16-19-14-21(18-30)25-6-3-7-27(33)31(25)17-19/h1-2,4-5,15,19,21-22,25,28H,3,6-14,16-18H2/t19?,21?,25-/m1/s1. The lowest BCUT2D eigenvalue weighted by atomic mass is 9.75. The SMILES string of the molecule is O=C(CCc1c[nH]c2ccccc12)N1CCC(N2CC3CC(C2)[C@H]2CCCC(=O)N2C3)CC1. The number of likely N-dealkylation sites (tertiary alicyclic amines) is 2. The number of para-hydroxylation sites is 1. The summed E-state index contributed by atoms with van der Waals surface area (Å²) in [6.45, 7) is 5.02. The van der Waals surface area contributed by atoms with E-state index < -0.39 is 0 Å². The minimum absolute atomic E-state index is 0.297. The van der Waals surface area contributed by atoms with Gasteiger partial charge in [-0.1, -0.05) is 18.2 Å². The van der Waals surface area contributed by atoms with Gasteiger partial charge < -0.3 is 14.8 Å². The molecule has 4 fully saturated rings. The fraction of sp³-hybridized carbons (Fsp3) is 0.630. The van der Waals surface area contributed by atoms with Crippen LogP contribution < -0.4 is 0 Å². The third-order valence-electron chi connectivity index (χ3n) is 8.82. The molecule has 1 aromatic heterocycles. The van der Waals surface area contributed by atoms with Crippen molar-refractivity contribution < 1.29 is 9.59 Å². The van der Waals surface area contributed by atoms with Crippen LogP contribution in [-0.2, 0) is 16.0 Å². The zero-order chi connectivity index (χ0) is 22.4. The van der Waals surface area contributed by atoms with E-state index in [1.165, 1.54) is 23.8 Å². The summed E-state index contributed by atoms with van der Waals surface area (Å²) in [5, 5.41) is 1.23. The molecule has 6 nitrogen and oxygen atoms in total. The Bertz CT molecular complexity index is 1020. The van der Waals surface area contributed by atoms with Crippen LogP contribution in [0.2, 0.25) is 0 Å². The molecule has 0 aliphatic carbocycles. The van der Waals surface area contributed by atoms with Gasteiger partial charge in [0.25, 0.3) is 0 Å². The normalized spacial score (nSPS) is 28.8. The van der Waals surface area contributed by atoms with Crippen LogP contribution in [0.15, 0.2) is 30.5 Å². The second-order valence-electron chi connectivity index (χ2n) is 10.8. The topological polar surface area (TPSA) is 59.7 Å². The number of carbonyl (C=O) groups is 2. The van der Waals surface area contributed by atoms with Crippen LogP contribution in [0.5, 0.6) is 0 Å². The average Bonchev–Trinajstić information content (AvgIpc) is 3.26. The highest BCUT2D eigenvalue weighted by molar-refractivity contribution is 5.84. The smallest absolute Gasteiger partial charge is 0.222 e. The molecule has 0 saturated carbocycles. The molecule has 6 heteroatoms. The maximum Gasteiger partial charge on any atom is 0.222 e. The first-order valence-electron chi connectivity index (χ1n) is 13.0. The Hall–Kier alpha value is -2.34. The molecule has 4 aliphatic rings. The Labute approximate surface area is 196 Å². The van der Waals surface area contributed by atoms with Crippen molar-refractivity contribution in [2.24, 2.45) is 11.8 Å². The van der Waals surface area contributed by atoms with Crippen molar-refractivity contribution in [2.75, 3.05) is 32.7 Å². The number of rotatable bonds is 4. The van der Waals surface area contributed by atoms with Crippen molar-refractivity contribution >= 4 is 22.7 Å². The van der Waals surface area contributed by atoms with Crippen LogP contribution in [-0.4, -0.2) is 76.3 Å². The van der Waals surface area contributed by atoms with Gasteiger partial charge in [-0.25, -0.2) is 0 Å². The fourth-order valence-corrected chi connectivity index (χ4v) is 7.16. The summed E-state index contributed by atoms with van der Waals surface area (Å²) in [5.74, 6) is 1.98. The minimum Gasteiger partial charge on any atom is -0.361 e. The lowest BCUT2D eigenvalue weighted by Gasteiger charge is -2.54. The van der Waals surface area contributed by atoms with Gasteiger partial charge in [0.2, 0.25) is 11.8 Å². The van der Waals surface area contributed by atoms with Crippen molar-refractivity contribution in [1.29, 1.82) is 0 Å². The first-order valence-corrected chi connectivity index (χ1v) is 13.0. The van der Waals surface area contributed by atoms with Crippen LogP contribution >= 0.6 is 0 Å². The van der Waals surface area contributed by atoms with Gasteiger partial charge in [0.15, 0.2) is 0 Å². The number of aryl methyl sites for hydroxylation is 1. The molecule has 2 aromatic rings. The monoisotopic (exact) mass is 448 g/mol. The van der Waals surface area contributed by atoms with E-state index >= 15 is 0 Å². The zero-order valence-corrected chi connectivity index (χ0v) is 19.5. The third-order valence-corrected chi connectivity index (χ3v) is 8.82. The molecule has 4 aliphatic heterocycles. The molecule has 2 unspecified atom stereocenters. The summed E-state index contributed by atoms with van der Waals surface area (Å²) in [4.78, 5) is 35.7. The molecule has 2 bridgehead atoms. The number of nitrogens with zero attached hydrogens (tertiary/aromatic N) is 3. The third kappa shape index (κ3) is 4.07. The number of fused-ring (bicyclic) bond motifs is 5. The zero-order valence-electron chi connectivity index (χ0n) is 19.5. The Morgan fingerprint density at radius 2 is 1.91 bits per heavy atom. The minimum atomic E-state index is 0.297. The van der Waals surface area contributed by atoms with Gasteiger partial charge in [0.05, 0.1) is 0 Å². The molecule has 1 N–H and O–H groups in total. The van der Waals surface area contributed by atoms with Crippen molar-refractivity contribution in [2.45, 2.75) is 63.5 Å². The first kappa shape index (κ1) is 21.2. The summed E-state index contributed by atoms with van der Waals surface area (Å²) in [7, 11) is 0. The maximum atomic E-state index is 12.9. The van der Waals surface area contributed by atoms with E-state index in [2.05, 4.69) is 44.1 Å². The molecule has 0 spiro atoms. The summed E-state index contributed by atoms with van der Waals surface area (Å²) in [6, 6.07) is 9.40.